The SMILES string of the molecule is C[C@H](NN)c1cccc(O)c1. The Kier molecular flexibility index (Phi) is 2.46. The number of phenolic OH excluding ortho intramolecular Hbond substituents is 1. The van der Waals surface area contributed by atoms with E-state index in [0.717, 1.165) is 5.56 Å². The predicted octanol–water partition coefficient (Wildman–Crippen LogP) is 0.917. The largest absolute Gasteiger partial charge is 0.508 e. The Bertz CT molecular complexity index is 237. The molecule has 11 heavy (non-hydrogen) atoms. The summed E-state index contributed by atoms with van der Waals surface area (Å²) in [5.41, 5.74) is 3.58. The van der Waals surface area contributed by atoms with E-state index in [0.29, 0.717) is 0 Å². The first-order valence-corrected chi connectivity index (χ1v) is 3.49. The fourth-order valence-corrected chi connectivity index (χ4v) is 0.890. The minimum Gasteiger partial charge on any atom is -0.508 e. The summed E-state index contributed by atoms with van der Waals surface area (Å²) >= 11 is 0. The molecule has 0 aliphatic carbocycles. The number of phenols is 1. The van der Waals surface area contributed by atoms with E-state index in [-0.39, 0.29) is 11.8 Å². The van der Waals surface area contributed by atoms with Gasteiger partial charge in [0.1, 0.15) is 5.75 Å². The predicted molar refractivity (Wildman–Crippen MR) is 43.8 cm³/mol. The molecular formula is C8H12N2O. The summed E-state index contributed by atoms with van der Waals surface area (Å²) in [6.07, 6.45) is 0. The zero-order valence-corrected chi connectivity index (χ0v) is 6.41. The van der Waals surface area contributed by atoms with Crippen molar-refractivity contribution in [3.63, 3.8) is 0 Å². The van der Waals surface area contributed by atoms with Crippen molar-refractivity contribution < 1.29 is 5.11 Å². The fourth-order valence-electron chi connectivity index (χ4n) is 0.890. The molecule has 0 unspecified atom stereocenters. The van der Waals surface area contributed by atoms with Crippen LogP contribution in [0.1, 0.15) is 18.5 Å². The standard InChI is InChI=1S/C8H12N2O/c1-6(10-9)7-3-2-4-8(11)5-7/h2-6,10-11H,9H2,1H3/t6-/m0/s1. The van der Waals surface area contributed by atoms with Crippen LogP contribution in [0.3, 0.4) is 0 Å². The van der Waals surface area contributed by atoms with Gasteiger partial charge in [-0.05, 0) is 24.6 Å². The quantitative estimate of drug-likeness (QED) is 0.436. The summed E-state index contributed by atoms with van der Waals surface area (Å²) in [4.78, 5) is 0. The second-order valence-electron chi connectivity index (χ2n) is 2.48. The summed E-state index contributed by atoms with van der Waals surface area (Å²) in [6.45, 7) is 1.93. The maximum Gasteiger partial charge on any atom is 0.115 e. The number of hydrogen-bond donors (Lipinski definition) is 3. The lowest BCUT2D eigenvalue weighted by Crippen LogP contribution is -2.25. The molecule has 1 aromatic carbocycles. The third kappa shape index (κ3) is 1.93. The van der Waals surface area contributed by atoms with Crippen LogP contribution in [0, 0.1) is 0 Å². The molecule has 0 fully saturated rings. The summed E-state index contributed by atoms with van der Waals surface area (Å²) in [5.74, 6) is 5.49. The lowest BCUT2D eigenvalue weighted by molar-refractivity contribution is 0.472. The van der Waals surface area contributed by atoms with E-state index in [1.54, 1.807) is 18.2 Å². The molecule has 0 saturated heterocycles. The molecular weight excluding hydrogens is 140 g/mol. The molecule has 3 heteroatoms. The third-order valence-corrected chi connectivity index (χ3v) is 1.62. The molecule has 4 N–H and O–H groups in total. The number of hydrogen-bond acceptors (Lipinski definition) is 3. The van der Waals surface area contributed by atoms with Gasteiger partial charge in [-0.2, -0.15) is 0 Å². The maximum absolute atomic E-state index is 9.09. The van der Waals surface area contributed by atoms with Crippen LogP contribution in [0.2, 0.25) is 0 Å². The minimum absolute atomic E-state index is 0.0714. The van der Waals surface area contributed by atoms with E-state index in [1.165, 1.54) is 0 Å². The summed E-state index contributed by atoms with van der Waals surface area (Å²) < 4.78 is 0. The van der Waals surface area contributed by atoms with Crippen molar-refractivity contribution in [1.82, 2.24) is 5.43 Å². The van der Waals surface area contributed by atoms with E-state index in [4.69, 9.17) is 10.9 Å². The Morgan fingerprint density at radius 3 is 2.82 bits per heavy atom. The second kappa shape index (κ2) is 3.37. The third-order valence-electron chi connectivity index (χ3n) is 1.62. The van der Waals surface area contributed by atoms with Gasteiger partial charge in [-0.15, -0.1) is 0 Å². The Labute approximate surface area is 65.8 Å². The van der Waals surface area contributed by atoms with E-state index < -0.39 is 0 Å². The Morgan fingerprint density at radius 1 is 1.55 bits per heavy atom. The van der Waals surface area contributed by atoms with Crippen molar-refractivity contribution >= 4 is 0 Å². The lowest BCUT2D eigenvalue weighted by atomic mass is 10.1. The number of nitrogens with two attached hydrogens (primary N) is 1. The van der Waals surface area contributed by atoms with Gasteiger partial charge >= 0.3 is 0 Å². The van der Waals surface area contributed by atoms with Crippen molar-refractivity contribution in [2.75, 3.05) is 0 Å². The van der Waals surface area contributed by atoms with Gasteiger partial charge in [-0.1, -0.05) is 12.1 Å². The van der Waals surface area contributed by atoms with Crippen molar-refractivity contribution in [2.24, 2.45) is 5.84 Å². The highest BCUT2D eigenvalue weighted by molar-refractivity contribution is 5.28. The highest BCUT2D eigenvalue weighted by Crippen LogP contribution is 2.16. The Balaban J connectivity index is 2.86. The molecule has 0 bridgehead atoms. The number of rotatable bonds is 2. The van der Waals surface area contributed by atoms with Crippen LogP contribution in [-0.4, -0.2) is 5.11 Å². The molecule has 0 amide bonds. The molecule has 3 nitrogen and oxygen atoms in total. The highest BCUT2D eigenvalue weighted by Gasteiger charge is 2.01. The van der Waals surface area contributed by atoms with Crippen LogP contribution in [0.5, 0.6) is 5.75 Å². The first kappa shape index (κ1) is 8.04. The highest BCUT2D eigenvalue weighted by atomic mass is 16.3. The Morgan fingerprint density at radius 2 is 2.27 bits per heavy atom. The van der Waals surface area contributed by atoms with Gasteiger partial charge < -0.3 is 5.11 Å². The molecule has 0 aromatic heterocycles. The van der Waals surface area contributed by atoms with E-state index in [2.05, 4.69) is 5.43 Å². The van der Waals surface area contributed by atoms with Gasteiger partial charge in [-0.25, -0.2) is 0 Å². The molecule has 60 valence electrons. The van der Waals surface area contributed by atoms with Crippen LogP contribution in [0.25, 0.3) is 0 Å². The van der Waals surface area contributed by atoms with E-state index in [1.807, 2.05) is 13.0 Å². The van der Waals surface area contributed by atoms with E-state index in [9.17, 15) is 0 Å². The monoisotopic (exact) mass is 152 g/mol. The van der Waals surface area contributed by atoms with Gasteiger partial charge in [-0.3, -0.25) is 11.3 Å². The van der Waals surface area contributed by atoms with Crippen molar-refractivity contribution in [3.8, 4) is 5.75 Å². The van der Waals surface area contributed by atoms with Gasteiger partial charge in [0.2, 0.25) is 0 Å². The summed E-state index contributed by atoms with van der Waals surface area (Å²) in [5, 5.41) is 9.09. The Hall–Kier alpha value is -1.06. The second-order valence-corrected chi connectivity index (χ2v) is 2.48. The maximum atomic E-state index is 9.09. The van der Waals surface area contributed by atoms with Crippen LogP contribution in [0.15, 0.2) is 24.3 Å². The molecule has 1 aromatic rings. The number of nitrogens with one attached hydrogen (secondary N) is 1. The molecule has 0 aliphatic rings. The average Bonchev–Trinajstić information content (AvgIpc) is 2.03. The first-order valence-electron chi connectivity index (χ1n) is 3.49. The van der Waals surface area contributed by atoms with Gasteiger partial charge in [0.15, 0.2) is 0 Å². The number of aromatic hydroxyl groups is 1. The molecule has 0 radical (unpaired) electrons. The lowest BCUT2D eigenvalue weighted by Gasteiger charge is -2.09. The molecule has 0 saturated carbocycles. The summed E-state index contributed by atoms with van der Waals surface area (Å²) in [6, 6.07) is 7.09. The average molecular weight is 152 g/mol. The van der Waals surface area contributed by atoms with Crippen molar-refractivity contribution in [1.29, 1.82) is 0 Å². The normalized spacial score (nSPS) is 12.9. The zero-order valence-electron chi connectivity index (χ0n) is 6.41. The fraction of sp³-hybridized carbons (Fsp3) is 0.250. The summed E-state index contributed by atoms with van der Waals surface area (Å²) in [7, 11) is 0. The molecule has 0 spiro atoms. The van der Waals surface area contributed by atoms with Crippen LogP contribution in [-0.2, 0) is 0 Å². The molecule has 0 heterocycles. The smallest absolute Gasteiger partial charge is 0.115 e. The number of hydrazine groups is 1. The number of benzene rings is 1. The van der Waals surface area contributed by atoms with Crippen LogP contribution >= 0.6 is 0 Å². The minimum atomic E-state index is 0.0714. The first-order chi connectivity index (χ1) is 5.24. The van der Waals surface area contributed by atoms with Crippen molar-refractivity contribution in [2.45, 2.75) is 13.0 Å². The van der Waals surface area contributed by atoms with Gasteiger partial charge in [0.05, 0.1) is 0 Å². The zero-order chi connectivity index (χ0) is 8.27. The molecule has 1 atom stereocenters. The van der Waals surface area contributed by atoms with Gasteiger partial charge in [0.25, 0.3) is 0 Å². The molecule has 1 rings (SSSR count). The topological polar surface area (TPSA) is 58.3 Å². The van der Waals surface area contributed by atoms with Crippen LogP contribution < -0.4 is 11.3 Å². The molecule has 0 aliphatic heterocycles. The van der Waals surface area contributed by atoms with E-state index >= 15 is 0 Å². The van der Waals surface area contributed by atoms with Crippen molar-refractivity contribution in [3.05, 3.63) is 29.8 Å². The van der Waals surface area contributed by atoms with Crippen LogP contribution in [0.4, 0.5) is 0 Å². The van der Waals surface area contributed by atoms with Gasteiger partial charge in [0, 0.05) is 6.04 Å².